The molecule has 0 radical (unpaired) electrons. The number of nitrogens with one attached hydrogen (secondary N) is 1. The molecule has 3 nitrogen and oxygen atoms in total. The lowest BCUT2D eigenvalue weighted by Crippen LogP contribution is -2.38. The number of hydrogen-bond donors (Lipinski definition) is 1. The molecule has 2 atom stereocenters. The molecular formula is C21H16Cl3NO2. The maximum absolute atomic E-state index is 13.1. The van der Waals surface area contributed by atoms with Gasteiger partial charge in [0.25, 0.3) is 0 Å². The molecule has 138 valence electrons. The first-order valence-electron chi connectivity index (χ1n) is 8.69. The van der Waals surface area contributed by atoms with Crippen molar-refractivity contribution in [1.29, 1.82) is 0 Å². The highest BCUT2D eigenvalue weighted by Crippen LogP contribution is 2.44. The van der Waals surface area contributed by atoms with Gasteiger partial charge in [-0.25, -0.2) is 0 Å². The summed E-state index contributed by atoms with van der Waals surface area (Å²) in [5, 5.41) is 4.42. The van der Waals surface area contributed by atoms with Crippen LogP contribution in [0.2, 0.25) is 15.1 Å². The van der Waals surface area contributed by atoms with Gasteiger partial charge in [0.1, 0.15) is 0 Å². The van der Waals surface area contributed by atoms with Crippen molar-refractivity contribution in [3.8, 4) is 0 Å². The van der Waals surface area contributed by atoms with Crippen molar-refractivity contribution < 1.29 is 9.59 Å². The Morgan fingerprint density at radius 1 is 0.852 bits per heavy atom. The van der Waals surface area contributed by atoms with Crippen molar-refractivity contribution in [2.45, 2.75) is 31.1 Å². The average Bonchev–Trinajstić information content (AvgIpc) is 2.63. The first-order valence-corrected chi connectivity index (χ1v) is 9.83. The van der Waals surface area contributed by atoms with Gasteiger partial charge in [-0.15, -0.1) is 0 Å². The van der Waals surface area contributed by atoms with E-state index in [0.717, 1.165) is 11.1 Å². The summed E-state index contributed by atoms with van der Waals surface area (Å²) in [6.07, 6.45) is 1.17. The van der Waals surface area contributed by atoms with Crippen LogP contribution >= 0.6 is 34.8 Å². The summed E-state index contributed by atoms with van der Waals surface area (Å²) >= 11 is 18.5. The molecule has 0 saturated carbocycles. The molecule has 2 aromatic carbocycles. The van der Waals surface area contributed by atoms with E-state index in [1.165, 1.54) is 0 Å². The monoisotopic (exact) mass is 419 g/mol. The predicted octanol–water partition coefficient (Wildman–Crippen LogP) is 5.65. The van der Waals surface area contributed by atoms with Gasteiger partial charge in [-0.05, 0) is 41.7 Å². The summed E-state index contributed by atoms with van der Waals surface area (Å²) in [4.78, 5) is 25.4. The van der Waals surface area contributed by atoms with E-state index >= 15 is 0 Å². The van der Waals surface area contributed by atoms with E-state index in [-0.39, 0.29) is 29.9 Å². The van der Waals surface area contributed by atoms with E-state index in [4.69, 9.17) is 34.8 Å². The van der Waals surface area contributed by atoms with Crippen molar-refractivity contribution in [2.75, 3.05) is 0 Å². The van der Waals surface area contributed by atoms with Crippen LogP contribution < -0.4 is 5.32 Å². The molecule has 1 heterocycles. The highest BCUT2D eigenvalue weighted by atomic mass is 35.5. The number of allylic oxidation sites excluding steroid dienone is 2. The molecule has 1 aliphatic heterocycles. The summed E-state index contributed by atoms with van der Waals surface area (Å²) < 4.78 is 0. The third-order valence-corrected chi connectivity index (χ3v) is 6.32. The molecule has 1 N–H and O–H groups in total. The van der Waals surface area contributed by atoms with Gasteiger partial charge in [0.2, 0.25) is 5.91 Å². The summed E-state index contributed by atoms with van der Waals surface area (Å²) in [6.45, 7) is 0. The van der Waals surface area contributed by atoms with Crippen LogP contribution in [0.1, 0.15) is 42.2 Å². The second-order valence-electron chi connectivity index (χ2n) is 6.92. The Morgan fingerprint density at radius 2 is 1.63 bits per heavy atom. The summed E-state index contributed by atoms with van der Waals surface area (Å²) in [6, 6.07) is 12.8. The smallest absolute Gasteiger partial charge is 0.225 e. The SMILES string of the molecule is O=C1CC(c2ccccc2Cl)C2=C(CC(c3ccc(Cl)c(Cl)c3)CC2=O)N1. The Labute approximate surface area is 172 Å². The van der Waals surface area contributed by atoms with Crippen molar-refractivity contribution >= 4 is 46.5 Å². The number of benzene rings is 2. The molecular weight excluding hydrogens is 405 g/mol. The molecule has 0 aromatic heterocycles. The van der Waals surface area contributed by atoms with Crippen LogP contribution in [0.3, 0.4) is 0 Å². The number of hydrogen-bond acceptors (Lipinski definition) is 2. The number of ketones is 1. The molecule has 0 saturated heterocycles. The van der Waals surface area contributed by atoms with Crippen molar-refractivity contribution in [2.24, 2.45) is 0 Å². The fourth-order valence-corrected chi connectivity index (χ4v) is 4.56. The molecule has 0 fully saturated rings. The summed E-state index contributed by atoms with van der Waals surface area (Å²) in [5.74, 6) is -0.403. The molecule has 2 unspecified atom stereocenters. The topological polar surface area (TPSA) is 46.2 Å². The second kappa shape index (κ2) is 7.31. The summed E-state index contributed by atoms with van der Waals surface area (Å²) in [5.41, 5.74) is 3.14. The van der Waals surface area contributed by atoms with Crippen molar-refractivity contribution in [3.63, 3.8) is 0 Å². The zero-order chi connectivity index (χ0) is 19.1. The van der Waals surface area contributed by atoms with Gasteiger partial charge in [-0.2, -0.15) is 0 Å². The third-order valence-electron chi connectivity index (χ3n) is 5.23. The summed E-state index contributed by atoms with van der Waals surface area (Å²) in [7, 11) is 0. The number of carbonyl (C=O) groups is 2. The third kappa shape index (κ3) is 3.52. The fraction of sp³-hybridized carbons (Fsp3) is 0.238. The normalized spacial score (nSPS) is 22.5. The quantitative estimate of drug-likeness (QED) is 0.682. The Bertz CT molecular complexity index is 983. The van der Waals surface area contributed by atoms with E-state index in [9.17, 15) is 9.59 Å². The Hall–Kier alpha value is -1.81. The molecule has 4 rings (SSSR count). The number of rotatable bonds is 2. The van der Waals surface area contributed by atoms with Gasteiger partial charge in [-0.3, -0.25) is 9.59 Å². The molecule has 0 bridgehead atoms. The van der Waals surface area contributed by atoms with Gasteiger partial charge in [0, 0.05) is 35.1 Å². The Morgan fingerprint density at radius 3 is 2.37 bits per heavy atom. The second-order valence-corrected chi connectivity index (χ2v) is 8.14. The van der Waals surface area contributed by atoms with Crippen molar-refractivity contribution in [3.05, 3.63) is 79.9 Å². The lowest BCUT2D eigenvalue weighted by Gasteiger charge is -2.34. The van der Waals surface area contributed by atoms with E-state index < -0.39 is 0 Å². The molecule has 0 spiro atoms. The minimum absolute atomic E-state index is 0.0391. The van der Waals surface area contributed by atoms with Gasteiger partial charge in [0.15, 0.2) is 5.78 Å². The maximum Gasteiger partial charge on any atom is 0.225 e. The molecule has 27 heavy (non-hydrogen) atoms. The van der Waals surface area contributed by atoms with Crippen LogP contribution in [0.4, 0.5) is 0 Å². The Balaban J connectivity index is 1.73. The molecule has 6 heteroatoms. The van der Waals surface area contributed by atoms with Gasteiger partial charge < -0.3 is 5.32 Å². The fourth-order valence-electron chi connectivity index (χ4n) is 3.99. The first-order chi connectivity index (χ1) is 12.9. The van der Waals surface area contributed by atoms with Crippen LogP contribution in [0.5, 0.6) is 0 Å². The number of Topliss-reactive ketones (excluding diaryl/α,β-unsaturated/α-hetero) is 1. The van der Waals surface area contributed by atoms with Crippen LogP contribution in [-0.2, 0) is 9.59 Å². The van der Waals surface area contributed by atoms with Crippen LogP contribution in [0.25, 0.3) is 0 Å². The highest BCUT2D eigenvalue weighted by molar-refractivity contribution is 6.42. The highest BCUT2D eigenvalue weighted by Gasteiger charge is 2.38. The first kappa shape index (κ1) is 18.5. The predicted molar refractivity (Wildman–Crippen MR) is 107 cm³/mol. The largest absolute Gasteiger partial charge is 0.329 e. The van der Waals surface area contributed by atoms with Gasteiger partial charge in [-0.1, -0.05) is 59.1 Å². The van der Waals surface area contributed by atoms with Gasteiger partial charge in [0.05, 0.1) is 10.0 Å². The minimum Gasteiger partial charge on any atom is -0.329 e. The van der Waals surface area contributed by atoms with Crippen LogP contribution in [0.15, 0.2) is 53.7 Å². The lowest BCUT2D eigenvalue weighted by molar-refractivity contribution is -0.122. The van der Waals surface area contributed by atoms with E-state index in [0.29, 0.717) is 39.2 Å². The maximum atomic E-state index is 13.1. The van der Waals surface area contributed by atoms with Crippen LogP contribution in [-0.4, -0.2) is 11.7 Å². The molecule has 2 aromatic rings. The number of amides is 1. The van der Waals surface area contributed by atoms with Gasteiger partial charge >= 0.3 is 0 Å². The minimum atomic E-state index is -0.301. The van der Waals surface area contributed by atoms with Crippen LogP contribution in [0, 0.1) is 0 Å². The molecule has 2 aliphatic rings. The number of halogens is 3. The standard InChI is InChI=1S/C21H16Cl3NO2/c22-15-4-2-1-3-13(15)14-10-20(27)25-18-8-12(9-19(26)21(14)18)11-5-6-16(23)17(24)7-11/h1-7,12,14H,8-10H2,(H,25,27). The van der Waals surface area contributed by atoms with E-state index in [1.54, 1.807) is 18.2 Å². The van der Waals surface area contributed by atoms with E-state index in [1.807, 2.05) is 24.3 Å². The molecule has 1 amide bonds. The Kier molecular flexibility index (Phi) is 5.02. The average molecular weight is 421 g/mol. The zero-order valence-corrected chi connectivity index (χ0v) is 16.5. The lowest BCUT2D eigenvalue weighted by atomic mass is 9.73. The van der Waals surface area contributed by atoms with Crippen molar-refractivity contribution in [1.82, 2.24) is 5.32 Å². The molecule has 1 aliphatic carbocycles. The number of carbonyl (C=O) groups excluding carboxylic acids is 2. The van der Waals surface area contributed by atoms with E-state index in [2.05, 4.69) is 5.32 Å². The zero-order valence-electron chi connectivity index (χ0n) is 14.3.